The maximum Gasteiger partial charge on any atom is 0.338 e. The first-order chi connectivity index (χ1) is 17.5. The van der Waals surface area contributed by atoms with Gasteiger partial charge in [0, 0.05) is 28.0 Å². The Morgan fingerprint density at radius 1 is 0.889 bits per heavy atom. The van der Waals surface area contributed by atoms with Crippen molar-refractivity contribution in [3.8, 4) is 5.75 Å². The first-order valence-corrected chi connectivity index (χ1v) is 14.7. The molecule has 0 radical (unpaired) electrons. The summed E-state index contributed by atoms with van der Waals surface area (Å²) in [5, 5.41) is 0.557. The van der Waals surface area contributed by atoms with Gasteiger partial charge in [0.15, 0.2) is 11.3 Å². The van der Waals surface area contributed by atoms with Crippen molar-refractivity contribution in [1.29, 1.82) is 0 Å². The molecular weight excluding hydrogens is 476 g/mol. The van der Waals surface area contributed by atoms with Gasteiger partial charge in [0.2, 0.25) is 5.43 Å². The lowest BCUT2D eigenvalue weighted by atomic mass is 10.1. The molecule has 0 N–H and O–H groups in total. The van der Waals surface area contributed by atoms with Crippen LogP contribution >= 0.6 is 0 Å². The quantitative estimate of drug-likeness (QED) is 0.122. The third kappa shape index (κ3) is 7.42. The Kier molecular flexibility index (Phi) is 11.0. The maximum atomic E-state index is 13.3. The van der Waals surface area contributed by atoms with Crippen LogP contribution in [0.3, 0.4) is 0 Å². The van der Waals surface area contributed by atoms with E-state index in [2.05, 4.69) is 6.92 Å². The Morgan fingerprint density at radius 2 is 1.56 bits per heavy atom. The number of ether oxygens (including phenoxy) is 2. The van der Waals surface area contributed by atoms with Crippen molar-refractivity contribution in [2.24, 2.45) is 0 Å². The highest BCUT2D eigenvalue weighted by Crippen LogP contribution is 2.31. The van der Waals surface area contributed by atoms with E-state index in [4.69, 9.17) is 13.9 Å². The number of hydrogen-bond acceptors (Lipinski definition) is 6. The van der Waals surface area contributed by atoms with Gasteiger partial charge in [-0.1, -0.05) is 64.7 Å². The standard InChI is InChI=1S/C29H38O6S/c1-4-6-7-8-9-10-11-12-13-14-17-34-26-20-22(36(3)32)19-24-27(30)23-18-21(29(31)33-5-2)15-16-25(23)35-28(24)26/h15-16,18-20H,4-14,17H2,1-3H3. The van der Waals surface area contributed by atoms with E-state index in [1.165, 1.54) is 57.4 Å². The molecule has 2 aromatic carbocycles. The molecule has 6 nitrogen and oxygen atoms in total. The van der Waals surface area contributed by atoms with Crippen molar-refractivity contribution >= 4 is 38.7 Å². The summed E-state index contributed by atoms with van der Waals surface area (Å²) in [5.41, 5.74) is 0.671. The van der Waals surface area contributed by atoms with E-state index in [1.54, 1.807) is 37.4 Å². The van der Waals surface area contributed by atoms with Gasteiger partial charge in [-0.3, -0.25) is 9.00 Å². The van der Waals surface area contributed by atoms with Crippen molar-refractivity contribution in [1.82, 2.24) is 0 Å². The number of carbonyl (C=O) groups excluding carboxylic acids is 1. The molecule has 0 aliphatic carbocycles. The number of fused-ring (bicyclic) bond motifs is 2. The number of unbranched alkanes of at least 4 members (excludes halogenated alkanes) is 9. The Balaban J connectivity index is 1.72. The fraction of sp³-hybridized carbons (Fsp3) is 0.517. The Labute approximate surface area is 215 Å². The van der Waals surface area contributed by atoms with Crippen LogP contribution in [0.15, 0.2) is 44.4 Å². The fourth-order valence-corrected chi connectivity index (χ4v) is 4.85. The van der Waals surface area contributed by atoms with E-state index in [-0.39, 0.29) is 28.4 Å². The summed E-state index contributed by atoms with van der Waals surface area (Å²) in [6.45, 7) is 4.70. The molecule has 0 fully saturated rings. The van der Waals surface area contributed by atoms with Gasteiger partial charge in [-0.25, -0.2) is 4.79 Å². The van der Waals surface area contributed by atoms with Crippen LogP contribution in [0.1, 0.15) is 88.4 Å². The largest absolute Gasteiger partial charge is 0.490 e. The van der Waals surface area contributed by atoms with Gasteiger partial charge in [-0.05, 0) is 37.6 Å². The molecule has 3 rings (SSSR count). The van der Waals surface area contributed by atoms with Crippen molar-refractivity contribution in [3.63, 3.8) is 0 Å². The first-order valence-electron chi connectivity index (χ1n) is 13.1. The van der Waals surface area contributed by atoms with Crippen molar-refractivity contribution in [2.45, 2.75) is 83.0 Å². The molecule has 3 aromatic rings. The zero-order chi connectivity index (χ0) is 25.9. The number of esters is 1. The predicted molar refractivity (Wildman–Crippen MR) is 146 cm³/mol. The minimum Gasteiger partial charge on any atom is -0.490 e. The van der Waals surface area contributed by atoms with Crippen molar-refractivity contribution in [3.05, 3.63) is 46.1 Å². The van der Waals surface area contributed by atoms with Gasteiger partial charge in [-0.15, -0.1) is 0 Å². The van der Waals surface area contributed by atoms with Crippen LogP contribution in [-0.4, -0.2) is 29.6 Å². The topological polar surface area (TPSA) is 82.8 Å². The number of rotatable bonds is 15. The smallest absolute Gasteiger partial charge is 0.338 e. The Bertz CT molecular complexity index is 1250. The SMILES string of the molecule is CCCCCCCCCCCCOc1cc(S(C)=O)cc2c(=O)c3cc(C(=O)OCC)ccc3oc12. The summed E-state index contributed by atoms with van der Waals surface area (Å²) in [4.78, 5) is 26.0. The lowest BCUT2D eigenvalue weighted by Crippen LogP contribution is -2.08. The number of carbonyl (C=O) groups is 1. The molecule has 1 unspecified atom stereocenters. The minimum absolute atomic E-state index is 0.245. The average molecular weight is 515 g/mol. The highest BCUT2D eigenvalue weighted by molar-refractivity contribution is 7.84. The van der Waals surface area contributed by atoms with Crippen LogP contribution in [0.4, 0.5) is 0 Å². The van der Waals surface area contributed by atoms with Crippen LogP contribution in [0, 0.1) is 0 Å². The molecule has 1 aromatic heterocycles. The van der Waals surface area contributed by atoms with Crippen molar-refractivity contribution < 1.29 is 22.9 Å². The molecule has 0 saturated carbocycles. The Morgan fingerprint density at radius 3 is 2.19 bits per heavy atom. The normalized spacial score (nSPS) is 12.2. The molecule has 0 saturated heterocycles. The summed E-state index contributed by atoms with van der Waals surface area (Å²) in [5.74, 6) is -0.0788. The fourth-order valence-electron chi connectivity index (χ4n) is 4.29. The summed E-state index contributed by atoms with van der Waals surface area (Å²) in [6, 6.07) is 7.94. The number of benzene rings is 2. The zero-order valence-electron chi connectivity index (χ0n) is 21.7. The highest BCUT2D eigenvalue weighted by Gasteiger charge is 2.17. The summed E-state index contributed by atoms with van der Waals surface area (Å²) in [6.07, 6.45) is 13.9. The molecule has 0 spiro atoms. The average Bonchev–Trinajstić information content (AvgIpc) is 2.87. The molecule has 7 heteroatoms. The first kappa shape index (κ1) is 27.9. The van der Waals surface area contributed by atoms with Gasteiger partial charge in [0.1, 0.15) is 5.58 Å². The lowest BCUT2D eigenvalue weighted by molar-refractivity contribution is 0.0526. The monoisotopic (exact) mass is 514 g/mol. The molecular formula is C29H38O6S. The van der Waals surface area contributed by atoms with E-state index >= 15 is 0 Å². The van der Waals surface area contributed by atoms with Crippen LogP contribution in [0.2, 0.25) is 0 Å². The van der Waals surface area contributed by atoms with Crippen LogP contribution in [0.5, 0.6) is 5.75 Å². The van der Waals surface area contributed by atoms with E-state index in [0.29, 0.717) is 28.4 Å². The van der Waals surface area contributed by atoms with Gasteiger partial charge >= 0.3 is 5.97 Å². The molecule has 0 aliphatic rings. The predicted octanol–water partition coefficient (Wildman–Crippen LogP) is 7.16. The third-order valence-electron chi connectivity index (χ3n) is 6.31. The maximum absolute atomic E-state index is 13.3. The summed E-state index contributed by atoms with van der Waals surface area (Å²) < 4.78 is 29.4. The lowest BCUT2D eigenvalue weighted by Gasteiger charge is -2.11. The van der Waals surface area contributed by atoms with Crippen LogP contribution in [0.25, 0.3) is 21.9 Å². The molecule has 0 bridgehead atoms. The van der Waals surface area contributed by atoms with Crippen LogP contribution < -0.4 is 10.2 Å². The van der Waals surface area contributed by atoms with Gasteiger partial charge < -0.3 is 13.9 Å². The molecule has 1 atom stereocenters. The zero-order valence-corrected chi connectivity index (χ0v) is 22.5. The Hall–Kier alpha value is -2.67. The molecule has 1 heterocycles. The van der Waals surface area contributed by atoms with E-state index in [0.717, 1.165) is 12.8 Å². The van der Waals surface area contributed by atoms with Crippen LogP contribution in [-0.2, 0) is 15.5 Å². The second kappa shape index (κ2) is 14.2. The third-order valence-corrected chi connectivity index (χ3v) is 7.21. The van der Waals surface area contributed by atoms with E-state index < -0.39 is 16.8 Å². The van der Waals surface area contributed by atoms with Crippen molar-refractivity contribution in [2.75, 3.05) is 19.5 Å². The second-order valence-electron chi connectivity index (χ2n) is 9.15. The van der Waals surface area contributed by atoms with Gasteiger partial charge in [-0.2, -0.15) is 0 Å². The minimum atomic E-state index is -1.30. The molecule has 0 amide bonds. The van der Waals surface area contributed by atoms with E-state index in [1.807, 2.05) is 0 Å². The summed E-state index contributed by atoms with van der Waals surface area (Å²) >= 11 is 0. The summed E-state index contributed by atoms with van der Waals surface area (Å²) in [7, 11) is -1.30. The van der Waals surface area contributed by atoms with Gasteiger partial charge in [0.25, 0.3) is 0 Å². The number of hydrogen-bond donors (Lipinski definition) is 0. The van der Waals surface area contributed by atoms with Gasteiger partial charge in [0.05, 0.1) is 29.5 Å². The van der Waals surface area contributed by atoms with E-state index in [9.17, 15) is 13.8 Å². The second-order valence-corrected chi connectivity index (χ2v) is 10.5. The molecule has 36 heavy (non-hydrogen) atoms. The molecule has 196 valence electrons. The molecule has 0 aliphatic heterocycles. The highest BCUT2D eigenvalue weighted by atomic mass is 32.2.